The molecule has 0 N–H and O–H groups in total. The van der Waals surface area contributed by atoms with Crippen molar-refractivity contribution in [3.8, 4) is 117 Å². The maximum atomic E-state index is 7.68. The molecule has 0 aliphatic carbocycles. The van der Waals surface area contributed by atoms with Crippen molar-refractivity contribution >= 4 is 123 Å². The first-order valence-corrected chi connectivity index (χ1v) is 44.6. The number of anilines is 6. The van der Waals surface area contributed by atoms with Gasteiger partial charge in [0, 0.05) is 72.2 Å². The van der Waals surface area contributed by atoms with Crippen LogP contribution in [0.5, 0.6) is 0 Å². The minimum Gasteiger partial charge on any atom is -0.455 e. The molecule has 0 unspecified atom stereocenters. The van der Waals surface area contributed by atoms with Crippen molar-refractivity contribution in [1.29, 1.82) is 0 Å². The van der Waals surface area contributed by atoms with Crippen LogP contribution in [0.25, 0.3) is 183 Å². The van der Waals surface area contributed by atoms with Gasteiger partial charge in [0.2, 0.25) is 0 Å². The highest BCUT2D eigenvalue weighted by molar-refractivity contribution is 7.00. The smallest absolute Gasteiger partial charge is 0.252 e. The lowest BCUT2D eigenvalue weighted by Crippen LogP contribution is -2.61. The summed E-state index contributed by atoms with van der Waals surface area (Å²) >= 11 is 0. The molecule has 606 valence electrons. The number of benzene rings is 19. The highest BCUT2D eigenvalue weighted by Gasteiger charge is 2.47. The van der Waals surface area contributed by atoms with E-state index in [0.29, 0.717) is 0 Å². The molecular weight excluding hydrogens is 1550 g/mol. The van der Waals surface area contributed by atoms with Gasteiger partial charge in [-0.15, -0.1) is 0 Å². The molecule has 24 rings (SSSR count). The van der Waals surface area contributed by atoms with E-state index in [1.807, 2.05) is 0 Å². The zero-order valence-corrected chi connectivity index (χ0v) is 72.2. The number of furan rings is 2. The molecule has 5 nitrogen and oxygen atoms in total. The Hall–Kier alpha value is -15.8. The van der Waals surface area contributed by atoms with Gasteiger partial charge in [-0.1, -0.05) is 369 Å². The van der Waals surface area contributed by atoms with E-state index in [1.54, 1.807) is 0 Å². The summed E-state index contributed by atoms with van der Waals surface area (Å²) in [5.74, 6) is 0. The first-order valence-electron chi connectivity index (χ1n) is 44.6. The monoisotopic (exact) mass is 1640 g/mol. The molecular formula is C122H88BN3O2. The van der Waals surface area contributed by atoms with Gasteiger partial charge in [0.15, 0.2) is 0 Å². The number of nitrogens with zero attached hydrogens (tertiary/aromatic N) is 3. The second-order valence-electron chi connectivity index (χ2n) is 36.6. The standard InChI is InChI=1S/C122H88BN3O2/c1-121(2,3)93-50-32-48-87(68-93)99-75-101(81-42-21-11-22-43-81)119-114(97-53-26-29-56-112(97)127-119)117(99)125-108-63-59-86(84-47-31-46-83(64-84)77-34-13-7-14-35-77)71-105(108)123-104-61-60-95(124-106-55-28-25-52-96(106)103-70-85(58-62-107(103)124)78-36-15-8-16-37-78)74-109(104)126(111-73-92(72-110(125)116(111)123)91-66-89(79-38-17-9-18-39-79)65-90(67-91)80-40-19-10-20-41-80)118-100(88-49-33-51-94(69-88)122(4,5)6)76-102(82-44-23-12-24-45-82)120-115(118)98-54-27-30-57-113(98)128-120/h7-76H,1-6H3. The minimum absolute atomic E-state index is 0.202. The van der Waals surface area contributed by atoms with Crippen molar-refractivity contribution in [2.45, 2.75) is 52.4 Å². The van der Waals surface area contributed by atoms with E-state index >= 15 is 0 Å². The molecule has 0 saturated carbocycles. The Labute approximate surface area is 746 Å². The van der Waals surface area contributed by atoms with Gasteiger partial charge in [-0.3, -0.25) is 0 Å². The van der Waals surface area contributed by atoms with Crippen LogP contribution in [0.2, 0.25) is 0 Å². The predicted octanol–water partition coefficient (Wildman–Crippen LogP) is 31.9. The van der Waals surface area contributed by atoms with Crippen LogP contribution >= 0.6 is 0 Å². The second kappa shape index (κ2) is 30.0. The third kappa shape index (κ3) is 12.7. The highest BCUT2D eigenvalue weighted by atomic mass is 16.3. The normalized spacial score (nSPS) is 12.6. The van der Waals surface area contributed by atoms with Crippen molar-refractivity contribution < 1.29 is 8.83 Å². The Bertz CT molecular complexity index is 8140. The summed E-state index contributed by atoms with van der Waals surface area (Å²) in [5.41, 5.74) is 40.0. The van der Waals surface area contributed by atoms with Crippen LogP contribution in [0.4, 0.5) is 34.1 Å². The van der Waals surface area contributed by atoms with Crippen molar-refractivity contribution in [1.82, 2.24) is 4.57 Å². The fraction of sp³-hybridized carbons (Fsp3) is 0.0656. The summed E-state index contributed by atoms with van der Waals surface area (Å²) in [6.07, 6.45) is 0. The first-order chi connectivity index (χ1) is 62.7. The molecule has 0 fully saturated rings. The number of hydrogen-bond donors (Lipinski definition) is 0. The van der Waals surface area contributed by atoms with Crippen molar-refractivity contribution in [2.24, 2.45) is 0 Å². The average Bonchev–Trinajstić information content (AvgIpc) is 1.10. The van der Waals surface area contributed by atoms with Gasteiger partial charge in [-0.05, 0) is 224 Å². The molecule has 2 aliphatic heterocycles. The molecule has 128 heavy (non-hydrogen) atoms. The van der Waals surface area contributed by atoms with E-state index in [-0.39, 0.29) is 10.8 Å². The Kier molecular flexibility index (Phi) is 17.8. The maximum absolute atomic E-state index is 7.68. The van der Waals surface area contributed by atoms with Crippen molar-refractivity contribution in [2.75, 3.05) is 9.80 Å². The van der Waals surface area contributed by atoms with Gasteiger partial charge < -0.3 is 23.2 Å². The molecule has 0 amide bonds. The topological polar surface area (TPSA) is 37.7 Å². The van der Waals surface area contributed by atoms with E-state index in [2.05, 4.69) is 481 Å². The third-order valence-corrected chi connectivity index (χ3v) is 26.8. The van der Waals surface area contributed by atoms with Gasteiger partial charge in [0.05, 0.1) is 33.2 Å². The van der Waals surface area contributed by atoms with Crippen LogP contribution in [0.3, 0.4) is 0 Å². The van der Waals surface area contributed by atoms with Gasteiger partial charge in [-0.25, -0.2) is 0 Å². The molecule has 0 radical (unpaired) electrons. The fourth-order valence-corrected chi connectivity index (χ4v) is 20.6. The number of rotatable bonds is 13. The fourth-order valence-electron chi connectivity index (χ4n) is 20.6. The number of aromatic nitrogens is 1. The summed E-state index contributed by atoms with van der Waals surface area (Å²) in [7, 11) is 0. The molecule has 0 bridgehead atoms. The summed E-state index contributed by atoms with van der Waals surface area (Å²) in [5, 5.41) is 6.41. The lowest BCUT2D eigenvalue weighted by molar-refractivity contribution is 0.590. The Morgan fingerprint density at radius 2 is 0.602 bits per heavy atom. The molecule has 2 aliphatic rings. The lowest BCUT2D eigenvalue weighted by atomic mass is 9.33. The first kappa shape index (κ1) is 75.9. The van der Waals surface area contributed by atoms with Crippen LogP contribution in [-0.2, 0) is 10.8 Å². The van der Waals surface area contributed by atoms with Crippen LogP contribution in [0.15, 0.2) is 433 Å². The minimum atomic E-state index is -0.416. The largest absolute Gasteiger partial charge is 0.455 e. The maximum Gasteiger partial charge on any atom is 0.252 e. The van der Waals surface area contributed by atoms with Crippen molar-refractivity contribution in [3.05, 3.63) is 436 Å². The molecule has 19 aromatic carbocycles. The molecule has 3 aromatic heterocycles. The van der Waals surface area contributed by atoms with Crippen LogP contribution < -0.4 is 26.2 Å². The molecule has 0 atom stereocenters. The summed E-state index contributed by atoms with van der Waals surface area (Å²) in [4.78, 5) is 5.42. The van der Waals surface area contributed by atoms with E-state index in [1.165, 1.54) is 33.0 Å². The van der Waals surface area contributed by atoms with Crippen LogP contribution in [-0.4, -0.2) is 11.3 Å². The summed E-state index contributed by atoms with van der Waals surface area (Å²) < 4.78 is 17.8. The van der Waals surface area contributed by atoms with Gasteiger partial charge in [-0.2, -0.15) is 0 Å². The number of fused-ring (bicyclic) bond motifs is 13. The predicted molar refractivity (Wildman–Crippen MR) is 541 cm³/mol. The SMILES string of the molecule is CC(C)(C)c1cccc(-c2cc(-c3ccccc3)c3oc4ccccc4c3c2N2c3ccc(-c4cccc(-c5ccccc5)c4)cc3B3c4ccc(-n5c6ccccc6c6cc(-c7ccccc7)ccc65)cc4N(c4c(-c5cccc(C(C)(C)C)c5)cc(-c5ccccc5)c5oc6ccccc6c45)c4cc(-c5cc(-c6ccccc6)cc(-c6ccccc6)c5)cc2c43)c1. The van der Waals surface area contributed by atoms with Gasteiger partial charge in [0.25, 0.3) is 6.71 Å². The zero-order chi connectivity index (χ0) is 85.6. The van der Waals surface area contributed by atoms with E-state index in [4.69, 9.17) is 8.83 Å². The highest BCUT2D eigenvalue weighted by Crippen LogP contribution is 2.58. The Morgan fingerprint density at radius 1 is 0.227 bits per heavy atom. The molecule has 0 spiro atoms. The number of para-hydroxylation sites is 3. The van der Waals surface area contributed by atoms with Gasteiger partial charge in [0.1, 0.15) is 22.3 Å². The molecule has 22 aromatic rings. The third-order valence-electron chi connectivity index (χ3n) is 26.8. The van der Waals surface area contributed by atoms with E-state index < -0.39 is 6.71 Å². The van der Waals surface area contributed by atoms with Crippen LogP contribution in [0.1, 0.15) is 52.7 Å². The molecule has 5 heterocycles. The number of hydrogen-bond acceptors (Lipinski definition) is 4. The Balaban J connectivity index is 0.909. The quantitative estimate of drug-likeness (QED) is 0.108. The second-order valence-corrected chi connectivity index (χ2v) is 36.6. The Morgan fingerprint density at radius 3 is 1.11 bits per heavy atom. The lowest BCUT2D eigenvalue weighted by Gasteiger charge is -2.45. The molecule has 6 heteroatoms. The van der Waals surface area contributed by atoms with Crippen molar-refractivity contribution in [3.63, 3.8) is 0 Å². The van der Waals surface area contributed by atoms with E-state index in [0.717, 1.165) is 211 Å². The average molecular weight is 1640 g/mol. The summed E-state index contributed by atoms with van der Waals surface area (Å²) in [6, 6.07) is 159. The zero-order valence-electron chi connectivity index (χ0n) is 72.2. The molecule has 0 saturated heterocycles. The van der Waals surface area contributed by atoms with Gasteiger partial charge >= 0.3 is 0 Å². The van der Waals surface area contributed by atoms with Crippen LogP contribution in [0, 0.1) is 0 Å². The summed E-state index contributed by atoms with van der Waals surface area (Å²) in [6.45, 7) is 13.6. The van der Waals surface area contributed by atoms with E-state index in [9.17, 15) is 0 Å².